The fourth-order valence-corrected chi connectivity index (χ4v) is 2.62. The van der Waals surface area contributed by atoms with Gasteiger partial charge in [0.05, 0.1) is 0 Å². The number of rotatable bonds is 5. The fourth-order valence-electron chi connectivity index (χ4n) is 2.62. The standard InChI is InChI=1S/C20H22O2/c1-13(17-5-9-19(10-6-17)15(3)21)14(2)18-7-11-20(12-8-18)16(4)22/h5-14H,1-4H3/t13-,14-/m0/s1. The molecule has 2 atom stereocenters. The molecule has 0 aromatic heterocycles. The highest BCUT2D eigenvalue weighted by Gasteiger charge is 2.16. The minimum absolute atomic E-state index is 0.0899. The number of hydrogen-bond acceptors (Lipinski definition) is 2. The monoisotopic (exact) mass is 294 g/mol. The van der Waals surface area contributed by atoms with Crippen LogP contribution in [0.3, 0.4) is 0 Å². The average molecular weight is 294 g/mol. The zero-order valence-corrected chi connectivity index (χ0v) is 13.6. The minimum Gasteiger partial charge on any atom is -0.295 e. The van der Waals surface area contributed by atoms with Crippen molar-refractivity contribution in [2.75, 3.05) is 0 Å². The van der Waals surface area contributed by atoms with Crippen molar-refractivity contribution < 1.29 is 9.59 Å². The first-order chi connectivity index (χ1) is 10.4. The molecular weight excluding hydrogens is 272 g/mol. The summed E-state index contributed by atoms with van der Waals surface area (Å²) in [5, 5.41) is 0. The molecule has 0 heterocycles. The Morgan fingerprint density at radius 1 is 0.636 bits per heavy atom. The second-order valence-corrected chi connectivity index (χ2v) is 5.93. The van der Waals surface area contributed by atoms with Gasteiger partial charge >= 0.3 is 0 Å². The summed E-state index contributed by atoms with van der Waals surface area (Å²) in [6, 6.07) is 15.7. The maximum Gasteiger partial charge on any atom is 0.159 e. The van der Waals surface area contributed by atoms with Gasteiger partial charge in [0.2, 0.25) is 0 Å². The van der Waals surface area contributed by atoms with Crippen LogP contribution in [0.25, 0.3) is 0 Å². The van der Waals surface area contributed by atoms with Crippen LogP contribution >= 0.6 is 0 Å². The lowest BCUT2D eigenvalue weighted by Gasteiger charge is -2.21. The fraction of sp³-hybridized carbons (Fsp3) is 0.300. The Morgan fingerprint density at radius 3 is 1.14 bits per heavy atom. The van der Waals surface area contributed by atoms with Crippen LogP contribution in [0.2, 0.25) is 0 Å². The first-order valence-electron chi connectivity index (χ1n) is 7.62. The van der Waals surface area contributed by atoms with E-state index in [9.17, 15) is 9.59 Å². The van der Waals surface area contributed by atoms with E-state index in [2.05, 4.69) is 13.8 Å². The van der Waals surface area contributed by atoms with E-state index in [0.29, 0.717) is 11.8 Å². The zero-order valence-electron chi connectivity index (χ0n) is 13.6. The molecule has 0 N–H and O–H groups in total. The number of ketones is 2. The number of Topliss-reactive ketones (excluding diaryl/α,β-unsaturated/α-hetero) is 2. The van der Waals surface area contributed by atoms with Crippen molar-refractivity contribution in [1.29, 1.82) is 0 Å². The van der Waals surface area contributed by atoms with Crippen molar-refractivity contribution in [1.82, 2.24) is 0 Å². The van der Waals surface area contributed by atoms with Crippen molar-refractivity contribution in [3.05, 3.63) is 70.8 Å². The molecule has 2 heteroatoms. The molecular formula is C20H22O2. The Hall–Kier alpha value is -2.22. The second-order valence-electron chi connectivity index (χ2n) is 5.93. The van der Waals surface area contributed by atoms with Crippen LogP contribution < -0.4 is 0 Å². The summed E-state index contributed by atoms with van der Waals surface area (Å²) in [4.78, 5) is 22.7. The van der Waals surface area contributed by atoms with Gasteiger partial charge < -0.3 is 0 Å². The van der Waals surface area contributed by atoms with Crippen molar-refractivity contribution in [3.63, 3.8) is 0 Å². The zero-order chi connectivity index (χ0) is 16.3. The summed E-state index contributed by atoms with van der Waals surface area (Å²) in [6.45, 7) is 7.54. The van der Waals surface area contributed by atoms with E-state index >= 15 is 0 Å². The average Bonchev–Trinajstić information content (AvgIpc) is 2.53. The van der Waals surface area contributed by atoms with Gasteiger partial charge in [-0.15, -0.1) is 0 Å². The highest BCUT2D eigenvalue weighted by atomic mass is 16.1. The Balaban J connectivity index is 2.18. The summed E-state index contributed by atoms with van der Waals surface area (Å²) >= 11 is 0. The molecule has 0 radical (unpaired) electrons. The largest absolute Gasteiger partial charge is 0.295 e. The molecule has 2 rings (SSSR count). The smallest absolute Gasteiger partial charge is 0.159 e. The third kappa shape index (κ3) is 3.51. The predicted molar refractivity (Wildman–Crippen MR) is 89.7 cm³/mol. The van der Waals surface area contributed by atoms with Gasteiger partial charge in [0.1, 0.15) is 0 Å². The number of carbonyl (C=O) groups is 2. The topological polar surface area (TPSA) is 34.1 Å². The summed E-state index contributed by atoms with van der Waals surface area (Å²) in [7, 11) is 0. The van der Waals surface area contributed by atoms with Crippen molar-refractivity contribution in [2.45, 2.75) is 39.5 Å². The summed E-state index contributed by atoms with van der Waals surface area (Å²) < 4.78 is 0. The lowest BCUT2D eigenvalue weighted by Crippen LogP contribution is -2.06. The molecule has 0 aliphatic heterocycles. The van der Waals surface area contributed by atoms with Crippen LogP contribution in [-0.2, 0) is 0 Å². The Labute approximate surface area is 132 Å². The number of carbonyl (C=O) groups excluding carboxylic acids is 2. The first-order valence-corrected chi connectivity index (χ1v) is 7.62. The van der Waals surface area contributed by atoms with E-state index in [4.69, 9.17) is 0 Å². The molecule has 22 heavy (non-hydrogen) atoms. The SMILES string of the molecule is CC(=O)c1ccc([C@@H](C)[C@H](C)c2ccc(C(C)=O)cc2)cc1. The molecule has 0 fully saturated rings. The second kappa shape index (κ2) is 6.69. The van der Waals surface area contributed by atoms with Crippen molar-refractivity contribution in [2.24, 2.45) is 0 Å². The first kappa shape index (κ1) is 16.2. The molecule has 0 saturated carbocycles. The van der Waals surface area contributed by atoms with Crippen LogP contribution in [0.5, 0.6) is 0 Å². The van der Waals surface area contributed by atoms with Gasteiger partial charge in [0.15, 0.2) is 11.6 Å². The summed E-state index contributed by atoms with van der Waals surface area (Å²) in [5.74, 6) is 0.854. The van der Waals surface area contributed by atoms with Gasteiger partial charge in [-0.05, 0) is 36.8 Å². The Kier molecular flexibility index (Phi) is 4.92. The molecule has 0 unspecified atom stereocenters. The lowest BCUT2D eigenvalue weighted by molar-refractivity contribution is 0.100. The Morgan fingerprint density at radius 2 is 0.909 bits per heavy atom. The van der Waals surface area contributed by atoms with E-state index in [1.807, 2.05) is 48.5 Å². The van der Waals surface area contributed by atoms with Crippen LogP contribution in [0.15, 0.2) is 48.5 Å². The number of benzene rings is 2. The molecule has 0 aliphatic carbocycles. The van der Waals surface area contributed by atoms with E-state index in [1.165, 1.54) is 11.1 Å². The van der Waals surface area contributed by atoms with Gasteiger partial charge in [-0.1, -0.05) is 62.4 Å². The summed E-state index contributed by atoms with van der Waals surface area (Å²) in [5.41, 5.74) is 3.92. The maximum atomic E-state index is 11.3. The minimum atomic E-state index is 0.0899. The molecule has 0 bridgehead atoms. The van der Waals surface area contributed by atoms with Crippen LogP contribution in [-0.4, -0.2) is 11.6 Å². The van der Waals surface area contributed by atoms with Crippen LogP contribution in [0.1, 0.15) is 71.4 Å². The quantitative estimate of drug-likeness (QED) is 0.727. The van der Waals surface area contributed by atoms with E-state index in [0.717, 1.165) is 11.1 Å². The van der Waals surface area contributed by atoms with E-state index < -0.39 is 0 Å². The van der Waals surface area contributed by atoms with Crippen LogP contribution in [0.4, 0.5) is 0 Å². The predicted octanol–water partition coefficient (Wildman–Crippen LogP) is 5.00. The lowest BCUT2D eigenvalue weighted by atomic mass is 9.83. The van der Waals surface area contributed by atoms with Gasteiger partial charge in [-0.2, -0.15) is 0 Å². The molecule has 0 saturated heterocycles. The van der Waals surface area contributed by atoms with Gasteiger partial charge in [0, 0.05) is 11.1 Å². The highest BCUT2D eigenvalue weighted by molar-refractivity contribution is 5.94. The van der Waals surface area contributed by atoms with Crippen molar-refractivity contribution >= 4 is 11.6 Å². The normalized spacial score (nSPS) is 13.5. The third-order valence-electron chi connectivity index (χ3n) is 4.44. The Bertz CT molecular complexity index is 604. The molecule has 114 valence electrons. The van der Waals surface area contributed by atoms with Gasteiger partial charge in [0.25, 0.3) is 0 Å². The van der Waals surface area contributed by atoms with E-state index in [1.54, 1.807) is 13.8 Å². The molecule has 2 aromatic rings. The maximum absolute atomic E-state index is 11.3. The molecule has 0 aliphatic rings. The molecule has 2 aromatic carbocycles. The van der Waals surface area contributed by atoms with Gasteiger partial charge in [-0.3, -0.25) is 9.59 Å². The van der Waals surface area contributed by atoms with Gasteiger partial charge in [-0.25, -0.2) is 0 Å². The third-order valence-corrected chi connectivity index (χ3v) is 4.44. The molecule has 0 amide bonds. The van der Waals surface area contributed by atoms with E-state index in [-0.39, 0.29) is 11.6 Å². The molecule has 2 nitrogen and oxygen atoms in total. The number of hydrogen-bond donors (Lipinski definition) is 0. The van der Waals surface area contributed by atoms with Crippen molar-refractivity contribution in [3.8, 4) is 0 Å². The summed E-state index contributed by atoms with van der Waals surface area (Å²) in [6.07, 6.45) is 0. The van der Waals surface area contributed by atoms with Crippen LogP contribution in [0, 0.1) is 0 Å². The molecule has 0 spiro atoms. The highest BCUT2D eigenvalue weighted by Crippen LogP contribution is 2.32.